The third-order valence-electron chi connectivity index (χ3n) is 4.51. The molecule has 2 aromatic carbocycles. The quantitative estimate of drug-likeness (QED) is 0.416. The van der Waals surface area contributed by atoms with E-state index in [1.54, 1.807) is 6.07 Å². The summed E-state index contributed by atoms with van der Waals surface area (Å²) in [6.45, 7) is 0.803. The smallest absolute Gasteiger partial charge is 0.338 e. The topological polar surface area (TPSA) is 107 Å². The van der Waals surface area contributed by atoms with E-state index in [1.165, 1.54) is 46.8 Å². The summed E-state index contributed by atoms with van der Waals surface area (Å²) in [5.74, 6) is -0.692. The highest BCUT2D eigenvalue weighted by Crippen LogP contribution is 2.22. The fraction of sp³-hybridized carbons (Fsp3) is 0.316. The van der Waals surface area contributed by atoms with Crippen LogP contribution in [0.15, 0.2) is 53.4 Å². The second-order valence-corrected chi connectivity index (χ2v) is 8.43. The minimum absolute atomic E-state index is 0.0548. The van der Waals surface area contributed by atoms with Crippen LogP contribution >= 0.6 is 0 Å². The molecule has 28 heavy (non-hydrogen) atoms. The number of hydrogen-bond acceptors (Lipinski definition) is 6. The minimum atomic E-state index is -3.65. The molecule has 1 heterocycles. The van der Waals surface area contributed by atoms with Gasteiger partial charge in [-0.15, -0.1) is 0 Å². The average Bonchev–Trinajstić information content (AvgIpc) is 2.73. The predicted molar refractivity (Wildman–Crippen MR) is 101 cm³/mol. The number of esters is 1. The molecule has 0 radical (unpaired) electrons. The lowest BCUT2D eigenvalue weighted by Gasteiger charge is -2.25. The number of non-ortho nitro benzene ring substituents is 1. The Morgan fingerprint density at radius 2 is 1.79 bits per heavy atom. The minimum Gasteiger partial charge on any atom is -0.457 e. The van der Waals surface area contributed by atoms with Gasteiger partial charge in [0, 0.05) is 25.2 Å². The first kappa shape index (κ1) is 20.0. The molecule has 9 heteroatoms. The van der Waals surface area contributed by atoms with Crippen molar-refractivity contribution in [1.29, 1.82) is 0 Å². The molecule has 8 nitrogen and oxygen atoms in total. The Kier molecular flexibility index (Phi) is 6.05. The van der Waals surface area contributed by atoms with Crippen LogP contribution in [0, 0.1) is 10.1 Å². The van der Waals surface area contributed by atoms with Crippen molar-refractivity contribution in [3.63, 3.8) is 0 Å². The summed E-state index contributed by atoms with van der Waals surface area (Å²) < 4.78 is 32.1. The number of rotatable bonds is 6. The zero-order valence-corrected chi connectivity index (χ0v) is 15.9. The molecule has 0 amide bonds. The van der Waals surface area contributed by atoms with Crippen LogP contribution in [0.3, 0.4) is 0 Å². The molecule has 1 saturated heterocycles. The normalized spacial score (nSPS) is 15.1. The zero-order chi connectivity index (χ0) is 20.1. The van der Waals surface area contributed by atoms with E-state index in [2.05, 4.69) is 0 Å². The number of hydrogen-bond donors (Lipinski definition) is 0. The fourth-order valence-electron chi connectivity index (χ4n) is 3.03. The first-order valence-electron chi connectivity index (χ1n) is 8.88. The third kappa shape index (κ3) is 4.55. The van der Waals surface area contributed by atoms with Crippen molar-refractivity contribution < 1.29 is 22.9 Å². The average molecular weight is 404 g/mol. The second-order valence-electron chi connectivity index (χ2n) is 6.50. The van der Waals surface area contributed by atoms with Gasteiger partial charge in [-0.1, -0.05) is 24.6 Å². The molecule has 0 atom stereocenters. The van der Waals surface area contributed by atoms with Crippen LogP contribution in [0.1, 0.15) is 35.2 Å². The van der Waals surface area contributed by atoms with Gasteiger partial charge in [-0.3, -0.25) is 10.1 Å². The monoisotopic (exact) mass is 404 g/mol. The standard InChI is InChI=1S/C19H20N2O6S/c22-19(27-14-15-6-4-8-17(12-15)21(23)24)16-7-5-9-18(13-16)28(25,26)20-10-2-1-3-11-20/h4-9,12-13H,1-3,10-11,14H2. The zero-order valence-electron chi connectivity index (χ0n) is 15.1. The summed E-state index contributed by atoms with van der Waals surface area (Å²) >= 11 is 0. The van der Waals surface area contributed by atoms with Gasteiger partial charge in [-0.25, -0.2) is 13.2 Å². The lowest BCUT2D eigenvalue weighted by Crippen LogP contribution is -2.35. The van der Waals surface area contributed by atoms with Crippen molar-refractivity contribution in [1.82, 2.24) is 4.31 Å². The van der Waals surface area contributed by atoms with E-state index in [4.69, 9.17) is 4.74 Å². The summed E-state index contributed by atoms with van der Waals surface area (Å²) in [5.41, 5.74) is 0.492. The lowest BCUT2D eigenvalue weighted by atomic mass is 10.2. The van der Waals surface area contributed by atoms with Gasteiger partial charge in [0.2, 0.25) is 10.0 Å². The highest BCUT2D eigenvalue weighted by Gasteiger charge is 2.26. The Balaban J connectivity index is 1.72. The molecule has 1 aliphatic heterocycles. The number of benzene rings is 2. The first-order chi connectivity index (χ1) is 13.4. The van der Waals surface area contributed by atoms with Crippen molar-refractivity contribution in [3.8, 4) is 0 Å². The maximum absolute atomic E-state index is 12.8. The van der Waals surface area contributed by atoms with Gasteiger partial charge in [0.15, 0.2) is 0 Å². The van der Waals surface area contributed by atoms with Crippen LogP contribution in [0.2, 0.25) is 0 Å². The van der Waals surface area contributed by atoms with E-state index in [0.717, 1.165) is 19.3 Å². The van der Waals surface area contributed by atoms with Crippen LogP contribution in [0.5, 0.6) is 0 Å². The Morgan fingerprint density at radius 3 is 2.50 bits per heavy atom. The predicted octanol–water partition coefficient (Wildman–Crippen LogP) is 3.13. The Morgan fingerprint density at radius 1 is 1.07 bits per heavy atom. The molecule has 0 spiro atoms. The molecule has 2 aromatic rings. The molecule has 1 fully saturated rings. The summed E-state index contributed by atoms with van der Waals surface area (Å²) in [5, 5.41) is 10.8. The molecule has 0 unspecified atom stereocenters. The highest BCUT2D eigenvalue weighted by atomic mass is 32.2. The number of nitro groups is 1. The summed E-state index contributed by atoms with van der Waals surface area (Å²) in [4.78, 5) is 22.7. The van der Waals surface area contributed by atoms with E-state index in [9.17, 15) is 23.3 Å². The summed E-state index contributed by atoms with van der Waals surface area (Å²) in [7, 11) is -3.65. The van der Waals surface area contributed by atoms with E-state index < -0.39 is 20.9 Å². The molecule has 0 aromatic heterocycles. The van der Waals surface area contributed by atoms with Gasteiger partial charge < -0.3 is 4.74 Å². The Bertz CT molecular complexity index is 983. The summed E-state index contributed by atoms with van der Waals surface area (Å²) in [6, 6.07) is 11.5. The highest BCUT2D eigenvalue weighted by molar-refractivity contribution is 7.89. The van der Waals surface area contributed by atoms with Gasteiger partial charge >= 0.3 is 5.97 Å². The molecule has 0 bridgehead atoms. The van der Waals surface area contributed by atoms with Crippen LogP contribution in [0.4, 0.5) is 5.69 Å². The largest absolute Gasteiger partial charge is 0.457 e. The van der Waals surface area contributed by atoms with Crippen molar-refractivity contribution in [2.24, 2.45) is 0 Å². The van der Waals surface area contributed by atoms with Crippen molar-refractivity contribution >= 4 is 21.7 Å². The molecule has 148 valence electrons. The van der Waals surface area contributed by atoms with Gasteiger partial charge in [0.1, 0.15) is 6.61 Å². The van der Waals surface area contributed by atoms with Gasteiger partial charge in [-0.05, 0) is 36.6 Å². The summed E-state index contributed by atoms with van der Waals surface area (Å²) in [6.07, 6.45) is 2.66. The number of ether oxygens (including phenoxy) is 1. The van der Waals surface area contributed by atoms with Crippen molar-refractivity contribution in [3.05, 3.63) is 69.8 Å². The molecular weight excluding hydrogens is 384 g/mol. The number of nitro benzene ring substituents is 1. The number of carbonyl (C=O) groups excluding carboxylic acids is 1. The van der Waals surface area contributed by atoms with E-state index >= 15 is 0 Å². The SMILES string of the molecule is O=C(OCc1cccc([N+](=O)[O-])c1)c1cccc(S(=O)(=O)N2CCCCC2)c1. The maximum atomic E-state index is 12.8. The van der Waals surface area contributed by atoms with Gasteiger partial charge in [0.05, 0.1) is 15.4 Å². The van der Waals surface area contributed by atoms with Crippen LogP contribution in [-0.2, 0) is 21.4 Å². The maximum Gasteiger partial charge on any atom is 0.338 e. The van der Waals surface area contributed by atoms with Crippen LogP contribution in [-0.4, -0.2) is 36.7 Å². The number of piperidine rings is 1. The molecule has 3 rings (SSSR count). The van der Waals surface area contributed by atoms with Crippen molar-refractivity contribution in [2.75, 3.05) is 13.1 Å². The fourth-order valence-corrected chi connectivity index (χ4v) is 4.59. The number of nitrogens with zero attached hydrogens (tertiary/aromatic N) is 2. The Hall–Kier alpha value is -2.78. The molecule has 0 N–H and O–H groups in total. The van der Waals surface area contributed by atoms with Crippen LogP contribution < -0.4 is 0 Å². The number of carbonyl (C=O) groups is 1. The first-order valence-corrected chi connectivity index (χ1v) is 10.3. The molecule has 0 saturated carbocycles. The van der Waals surface area contributed by atoms with Gasteiger partial charge in [-0.2, -0.15) is 4.31 Å². The molecule has 1 aliphatic rings. The molecule has 0 aliphatic carbocycles. The number of sulfonamides is 1. The van der Waals surface area contributed by atoms with Crippen LogP contribution in [0.25, 0.3) is 0 Å². The lowest BCUT2D eigenvalue weighted by molar-refractivity contribution is -0.384. The van der Waals surface area contributed by atoms with E-state index in [-0.39, 0.29) is 22.8 Å². The Labute approximate surface area is 162 Å². The third-order valence-corrected chi connectivity index (χ3v) is 6.41. The molecular formula is C19H20N2O6S. The van der Waals surface area contributed by atoms with Crippen molar-refractivity contribution in [2.45, 2.75) is 30.8 Å². The van der Waals surface area contributed by atoms with E-state index in [1.807, 2.05) is 0 Å². The van der Waals surface area contributed by atoms with E-state index in [0.29, 0.717) is 18.7 Å². The second kappa shape index (κ2) is 8.49. The van der Waals surface area contributed by atoms with Gasteiger partial charge in [0.25, 0.3) is 5.69 Å².